The molecule has 2 aromatic rings. The van der Waals surface area contributed by atoms with Crippen molar-refractivity contribution in [2.75, 3.05) is 0 Å². The molecule has 18 heavy (non-hydrogen) atoms. The van der Waals surface area contributed by atoms with E-state index in [9.17, 15) is 4.57 Å². The molecule has 0 heterocycles. The van der Waals surface area contributed by atoms with Crippen LogP contribution >= 0.6 is 7.14 Å². The normalized spacial score (nSPS) is 13.2. The molecule has 0 aliphatic carbocycles. The molecule has 0 unspecified atom stereocenters. The summed E-state index contributed by atoms with van der Waals surface area (Å²) in [6, 6.07) is 19.7. The Morgan fingerprint density at radius 1 is 0.889 bits per heavy atom. The summed E-state index contributed by atoms with van der Waals surface area (Å²) in [6.45, 7) is 4.18. The van der Waals surface area contributed by atoms with Gasteiger partial charge in [0.2, 0.25) is 0 Å². The zero-order chi connectivity index (χ0) is 13.0. The van der Waals surface area contributed by atoms with Gasteiger partial charge in [-0.3, -0.25) is 0 Å². The third kappa shape index (κ3) is 2.28. The van der Waals surface area contributed by atoms with Crippen LogP contribution in [0.1, 0.15) is 20.3 Å². The molecule has 94 valence electrons. The first-order valence-corrected chi connectivity index (χ1v) is 8.18. The Bertz CT molecular complexity index is 490. The van der Waals surface area contributed by atoms with Crippen LogP contribution in [0.3, 0.4) is 0 Å². The van der Waals surface area contributed by atoms with Crippen molar-refractivity contribution in [3.63, 3.8) is 0 Å². The van der Waals surface area contributed by atoms with Crippen molar-refractivity contribution in [2.45, 2.75) is 25.9 Å². The Morgan fingerprint density at radius 3 is 1.61 bits per heavy atom. The van der Waals surface area contributed by atoms with Crippen molar-refractivity contribution >= 4 is 17.8 Å². The van der Waals surface area contributed by atoms with Gasteiger partial charge in [0.25, 0.3) is 0 Å². The minimum Gasteiger partial charge on any atom is -0.313 e. The topological polar surface area (TPSA) is 17.1 Å². The number of benzene rings is 2. The fourth-order valence-electron chi connectivity index (χ4n) is 2.21. The second-order valence-corrected chi connectivity index (χ2v) is 7.82. The first-order chi connectivity index (χ1) is 8.69. The van der Waals surface area contributed by atoms with Crippen LogP contribution in [0.25, 0.3) is 0 Å². The van der Waals surface area contributed by atoms with Crippen LogP contribution in [0, 0.1) is 0 Å². The van der Waals surface area contributed by atoms with Gasteiger partial charge in [-0.25, -0.2) is 0 Å². The Morgan fingerprint density at radius 2 is 1.28 bits per heavy atom. The van der Waals surface area contributed by atoms with E-state index >= 15 is 0 Å². The molecule has 0 spiro atoms. The molecule has 2 aromatic carbocycles. The zero-order valence-electron chi connectivity index (χ0n) is 10.9. The molecule has 2 heteroatoms. The van der Waals surface area contributed by atoms with Crippen LogP contribution in [0.2, 0.25) is 0 Å². The fraction of sp³-hybridized carbons (Fsp3) is 0.250. The molecule has 0 saturated carbocycles. The Kier molecular flexibility index (Phi) is 4.04. The molecule has 0 N–H and O–H groups in total. The van der Waals surface area contributed by atoms with Crippen molar-refractivity contribution in [2.24, 2.45) is 0 Å². The summed E-state index contributed by atoms with van der Waals surface area (Å²) in [5, 5.41) is 1.93. The molecule has 0 aliphatic heterocycles. The summed E-state index contributed by atoms with van der Waals surface area (Å²) < 4.78 is 13.5. The summed E-state index contributed by atoms with van der Waals surface area (Å²) >= 11 is 0. The Labute approximate surface area is 109 Å². The smallest absolute Gasteiger partial charge is 0.145 e. The molecular formula is C16H19OP. The lowest BCUT2D eigenvalue weighted by Gasteiger charge is -2.25. The third-order valence-corrected chi connectivity index (χ3v) is 7.23. The van der Waals surface area contributed by atoms with E-state index in [0.717, 1.165) is 17.0 Å². The van der Waals surface area contributed by atoms with Gasteiger partial charge in [-0.15, -0.1) is 0 Å². The van der Waals surface area contributed by atoms with Crippen molar-refractivity contribution in [3.8, 4) is 0 Å². The van der Waals surface area contributed by atoms with Crippen LogP contribution < -0.4 is 10.6 Å². The molecule has 1 atom stereocenters. The van der Waals surface area contributed by atoms with Crippen molar-refractivity contribution < 1.29 is 4.57 Å². The average molecular weight is 258 g/mol. The maximum absolute atomic E-state index is 13.5. The summed E-state index contributed by atoms with van der Waals surface area (Å²) in [6.07, 6.45) is 0.918. The highest BCUT2D eigenvalue weighted by Crippen LogP contribution is 2.49. The number of hydrogen-bond acceptors (Lipinski definition) is 1. The van der Waals surface area contributed by atoms with Crippen molar-refractivity contribution in [1.29, 1.82) is 0 Å². The maximum Gasteiger partial charge on any atom is 0.145 e. The van der Waals surface area contributed by atoms with E-state index < -0.39 is 7.14 Å². The van der Waals surface area contributed by atoms with Gasteiger partial charge >= 0.3 is 0 Å². The van der Waals surface area contributed by atoms with Crippen LogP contribution in [0.5, 0.6) is 0 Å². The second-order valence-electron chi connectivity index (χ2n) is 4.59. The molecule has 0 aromatic heterocycles. The van der Waals surface area contributed by atoms with Gasteiger partial charge in [-0.05, 0) is 6.42 Å². The zero-order valence-corrected chi connectivity index (χ0v) is 11.8. The fourth-order valence-corrected chi connectivity index (χ4v) is 5.27. The Balaban J connectivity index is 2.59. The molecule has 0 aliphatic rings. The van der Waals surface area contributed by atoms with Crippen molar-refractivity contribution in [3.05, 3.63) is 60.7 Å². The lowest BCUT2D eigenvalue weighted by atomic mass is 10.3. The first-order valence-electron chi connectivity index (χ1n) is 6.40. The van der Waals surface area contributed by atoms with Crippen LogP contribution in [-0.2, 0) is 4.57 Å². The largest absolute Gasteiger partial charge is 0.313 e. The molecule has 1 nitrogen and oxygen atoms in total. The highest BCUT2D eigenvalue weighted by molar-refractivity contribution is 7.79. The summed E-state index contributed by atoms with van der Waals surface area (Å²) in [5.74, 6) is 0. The van der Waals surface area contributed by atoms with Crippen LogP contribution in [0.15, 0.2) is 60.7 Å². The monoisotopic (exact) mass is 258 g/mol. The Hall–Kier alpha value is -1.33. The van der Waals surface area contributed by atoms with E-state index in [2.05, 4.69) is 13.8 Å². The van der Waals surface area contributed by atoms with Crippen molar-refractivity contribution in [1.82, 2.24) is 0 Å². The molecule has 2 rings (SSSR count). The predicted molar refractivity (Wildman–Crippen MR) is 79.5 cm³/mol. The SMILES string of the molecule is CC[C@@H](C)P(=O)(c1ccccc1)c1ccccc1. The summed E-state index contributed by atoms with van der Waals surface area (Å²) in [5.41, 5.74) is 0.169. The number of hydrogen-bond donors (Lipinski definition) is 0. The summed E-state index contributed by atoms with van der Waals surface area (Å²) in [4.78, 5) is 0. The van der Waals surface area contributed by atoms with Gasteiger partial charge in [0.15, 0.2) is 0 Å². The lowest BCUT2D eigenvalue weighted by molar-refractivity contribution is 0.577. The highest BCUT2D eigenvalue weighted by atomic mass is 31.2. The molecule has 0 radical (unpaired) electrons. The second kappa shape index (κ2) is 5.54. The lowest BCUT2D eigenvalue weighted by Crippen LogP contribution is -2.23. The summed E-state index contributed by atoms with van der Waals surface area (Å²) in [7, 11) is -2.52. The first kappa shape index (κ1) is 13.1. The molecule has 0 fully saturated rings. The van der Waals surface area contributed by atoms with Gasteiger partial charge < -0.3 is 4.57 Å². The molecule has 0 saturated heterocycles. The van der Waals surface area contributed by atoms with Crippen LogP contribution in [0.4, 0.5) is 0 Å². The van der Waals surface area contributed by atoms with E-state index in [1.807, 2.05) is 60.7 Å². The minimum absolute atomic E-state index is 0.169. The van der Waals surface area contributed by atoms with Gasteiger partial charge in [0.1, 0.15) is 7.14 Å². The van der Waals surface area contributed by atoms with E-state index in [4.69, 9.17) is 0 Å². The van der Waals surface area contributed by atoms with Gasteiger partial charge in [0, 0.05) is 16.3 Å². The highest BCUT2D eigenvalue weighted by Gasteiger charge is 2.32. The molecule has 0 bridgehead atoms. The predicted octanol–water partition coefficient (Wildman–Crippen LogP) is 3.80. The van der Waals surface area contributed by atoms with E-state index in [1.165, 1.54) is 0 Å². The van der Waals surface area contributed by atoms with Gasteiger partial charge in [0.05, 0.1) is 0 Å². The van der Waals surface area contributed by atoms with E-state index in [-0.39, 0.29) is 5.66 Å². The molecular weight excluding hydrogens is 239 g/mol. The number of rotatable bonds is 4. The molecule has 0 amide bonds. The van der Waals surface area contributed by atoms with Crippen LogP contribution in [-0.4, -0.2) is 5.66 Å². The minimum atomic E-state index is -2.52. The standard InChI is InChI=1S/C16H19OP/c1-3-14(2)18(17,15-10-6-4-7-11-15)16-12-8-5-9-13-16/h4-14H,3H2,1-2H3/t14-/m1/s1. The third-order valence-electron chi connectivity index (χ3n) is 3.49. The average Bonchev–Trinajstić information content (AvgIpc) is 2.47. The van der Waals surface area contributed by atoms with E-state index in [1.54, 1.807) is 0 Å². The van der Waals surface area contributed by atoms with Gasteiger partial charge in [-0.2, -0.15) is 0 Å². The maximum atomic E-state index is 13.5. The van der Waals surface area contributed by atoms with E-state index in [0.29, 0.717) is 0 Å². The van der Waals surface area contributed by atoms with Gasteiger partial charge in [-0.1, -0.05) is 74.5 Å². The quantitative estimate of drug-likeness (QED) is 0.762.